The van der Waals surface area contributed by atoms with Crippen molar-refractivity contribution in [2.75, 3.05) is 0 Å². The predicted octanol–water partition coefficient (Wildman–Crippen LogP) is 10.8. The Balaban J connectivity index is 0.000000228. The number of aryl methyl sites for hydroxylation is 3. The van der Waals surface area contributed by atoms with Gasteiger partial charge >= 0.3 is 0 Å². The molecule has 0 unspecified atom stereocenters. The minimum Gasteiger partial charge on any atom is -0.348 e. The van der Waals surface area contributed by atoms with E-state index in [2.05, 4.69) is 121 Å². The summed E-state index contributed by atoms with van der Waals surface area (Å²) in [7, 11) is 0. The van der Waals surface area contributed by atoms with Crippen molar-refractivity contribution < 1.29 is 20.1 Å². The van der Waals surface area contributed by atoms with Gasteiger partial charge in [0.1, 0.15) is 0 Å². The number of benzene rings is 5. The normalized spacial score (nSPS) is 11.1. The summed E-state index contributed by atoms with van der Waals surface area (Å²) in [5.74, 6) is 0. The molecule has 4 aromatic heterocycles. The monoisotopic (exact) mass is 782 g/mol. The number of nitrogens with zero attached hydrogens (tertiary/aromatic N) is 3. The maximum Gasteiger partial charge on any atom is 0.0463 e. The van der Waals surface area contributed by atoms with Crippen LogP contribution in [0.25, 0.3) is 71.7 Å². The van der Waals surface area contributed by atoms with Gasteiger partial charge in [-0.1, -0.05) is 88.6 Å². The molecule has 0 atom stereocenters. The minimum absolute atomic E-state index is 0. The van der Waals surface area contributed by atoms with Crippen molar-refractivity contribution >= 4 is 38.1 Å². The van der Waals surface area contributed by atoms with Gasteiger partial charge in [-0.15, -0.1) is 54.1 Å². The van der Waals surface area contributed by atoms with Gasteiger partial charge in [0.15, 0.2) is 0 Å². The molecule has 0 fully saturated rings. The molecular weight excluding hydrogens is 751 g/mol. The van der Waals surface area contributed by atoms with Gasteiger partial charge in [0.25, 0.3) is 0 Å². The molecule has 5 aromatic carbocycles. The van der Waals surface area contributed by atoms with Gasteiger partial charge in [0.2, 0.25) is 0 Å². The van der Waals surface area contributed by atoms with Gasteiger partial charge in [-0.3, -0.25) is 4.98 Å². The molecule has 9 aromatic rings. The number of pyridine rings is 2. The van der Waals surface area contributed by atoms with Crippen LogP contribution in [0.4, 0.5) is 0 Å². The van der Waals surface area contributed by atoms with Crippen LogP contribution in [-0.2, 0) is 20.1 Å². The van der Waals surface area contributed by atoms with Crippen molar-refractivity contribution in [2.45, 2.75) is 20.8 Å². The third-order valence-electron chi connectivity index (χ3n) is 8.78. The fraction of sp³-hybridized carbons (Fsp3) is 0.0698. The molecule has 0 aliphatic heterocycles. The Hall–Kier alpha value is -5.15. The SMILES string of the molecule is Cc1cc(C)c(-c2ccnc(-c3[c-]c4c5cccc6c7ccccc7n(c4cc3)c56)c2)c(C)c1.[Ir].[c-]1ccccc1-c1ccccn1. The molecule has 229 valence electrons. The Bertz CT molecular complexity index is 2440. The average molecular weight is 782 g/mol. The van der Waals surface area contributed by atoms with E-state index in [-0.39, 0.29) is 20.1 Å². The summed E-state index contributed by atoms with van der Waals surface area (Å²) in [6.45, 7) is 6.54. The molecule has 0 aliphatic rings. The topological polar surface area (TPSA) is 30.2 Å². The van der Waals surface area contributed by atoms with E-state index in [1.54, 1.807) is 6.20 Å². The van der Waals surface area contributed by atoms with E-state index in [1.807, 2.05) is 48.7 Å². The fourth-order valence-corrected chi connectivity index (χ4v) is 6.94. The van der Waals surface area contributed by atoms with Crippen LogP contribution in [0, 0.1) is 32.9 Å². The van der Waals surface area contributed by atoms with Crippen molar-refractivity contribution in [3.63, 3.8) is 0 Å². The fourth-order valence-electron chi connectivity index (χ4n) is 6.94. The number of fused-ring (bicyclic) bond motifs is 6. The molecule has 47 heavy (non-hydrogen) atoms. The number of aromatic nitrogens is 3. The predicted molar refractivity (Wildman–Crippen MR) is 191 cm³/mol. The van der Waals surface area contributed by atoms with Crippen molar-refractivity contribution in [1.29, 1.82) is 0 Å². The Morgan fingerprint density at radius 3 is 2.11 bits per heavy atom. The summed E-state index contributed by atoms with van der Waals surface area (Å²) >= 11 is 0. The van der Waals surface area contributed by atoms with Gasteiger partial charge in [-0.2, -0.15) is 0 Å². The summed E-state index contributed by atoms with van der Waals surface area (Å²) in [6, 6.07) is 49.0. The Morgan fingerprint density at radius 1 is 0.574 bits per heavy atom. The van der Waals surface area contributed by atoms with Crippen LogP contribution in [0.1, 0.15) is 16.7 Å². The summed E-state index contributed by atoms with van der Waals surface area (Å²) in [6.07, 6.45) is 3.71. The Labute approximate surface area is 288 Å². The second-order valence-electron chi connectivity index (χ2n) is 11.9. The van der Waals surface area contributed by atoms with Crippen molar-refractivity contribution in [3.05, 3.63) is 163 Å². The van der Waals surface area contributed by atoms with E-state index in [1.165, 1.54) is 60.5 Å². The van der Waals surface area contributed by atoms with Gasteiger partial charge in [0, 0.05) is 60.0 Å². The summed E-state index contributed by atoms with van der Waals surface area (Å²) in [4.78, 5) is 8.95. The molecule has 0 bridgehead atoms. The van der Waals surface area contributed by atoms with Gasteiger partial charge in [0.05, 0.1) is 0 Å². The van der Waals surface area contributed by atoms with Crippen LogP contribution in [-0.4, -0.2) is 14.4 Å². The average Bonchev–Trinajstić information content (AvgIpc) is 3.61. The van der Waals surface area contributed by atoms with Crippen LogP contribution in [0.3, 0.4) is 0 Å². The minimum atomic E-state index is 0. The Kier molecular flexibility index (Phi) is 8.15. The second kappa shape index (κ2) is 12.6. The molecule has 9 rings (SSSR count). The van der Waals surface area contributed by atoms with Crippen LogP contribution in [0.15, 0.2) is 134 Å². The van der Waals surface area contributed by atoms with E-state index in [4.69, 9.17) is 4.98 Å². The molecule has 0 amide bonds. The summed E-state index contributed by atoms with van der Waals surface area (Å²) < 4.78 is 2.39. The zero-order valence-electron chi connectivity index (χ0n) is 26.4. The third-order valence-corrected chi connectivity index (χ3v) is 8.78. The zero-order valence-corrected chi connectivity index (χ0v) is 28.8. The molecule has 0 saturated carbocycles. The number of rotatable bonds is 3. The number of hydrogen-bond acceptors (Lipinski definition) is 2. The first-order chi connectivity index (χ1) is 22.6. The first-order valence-electron chi connectivity index (χ1n) is 15.6. The van der Waals surface area contributed by atoms with Crippen LogP contribution >= 0.6 is 0 Å². The third kappa shape index (κ3) is 5.40. The van der Waals surface area contributed by atoms with Crippen molar-refractivity contribution in [2.24, 2.45) is 0 Å². The van der Waals surface area contributed by atoms with Crippen LogP contribution < -0.4 is 0 Å². The van der Waals surface area contributed by atoms with E-state index in [0.717, 1.165) is 27.9 Å². The molecule has 0 aliphatic carbocycles. The summed E-state index contributed by atoms with van der Waals surface area (Å²) in [5.41, 5.74) is 14.1. The smallest absolute Gasteiger partial charge is 0.0463 e. The van der Waals surface area contributed by atoms with Crippen molar-refractivity contribution in [3.8, 4) is 33.6 Å². The second-order valence-corrected chi connectivity index (χ2v) is 11.9. The maximum absolute atomic E-state index is 4.74. The first kappa shape index (κ1) is 30.5. The quantitative estimate of drug-likeness (QED) is 0.167. The molecule has 0 spiro atoms. The number of hydrogen-bond donors (Lipinski definition) is 0. The van der Waals surface area contributed by atoms with Crippen molar-refractivity contribution in [1.82, 2.24) is 14.4 Å². The zero-order chi connectivity index (χ0) is 31.2. The number of para-hydroxylation sites is 2. The summed E-state index contributed by atoms with van der Waals surface area (Å²) in [5, 5.41) is 4.99. The molecule has 1 radical (unpaired) electrons. The molecule has 4 heterocycles. The van der Waals surface area contributed by atoms with E-state index in [9.17, 15) is 0 Å². The van der Waals surface area contributed by atoms with E-state index in [0.29, 0.717) is 0 Å². The largest absolute Gasteiger partial charge is 0.348 e. The first-order valence-corrected chi connectivity index (χ1v) is 15.6. The standard InChI is InChI=1S/C32H23N2.C11H8N.Ir/c1-19-15-20(2)31(21(3)16-19)23-13-14-33-28(18-23)22-11-12-30-27(17-22)26-9-6-8-25-24-7-4-5-10-29(24)34(30)32(25)26;1-2-6-10(7-3-1)11-8-4-5-9-12-11;/h4-16,18H,1-3H3;1-6,8-9H;/q2*-1;. The molecule has 3 nitrogen and oxygen atoms in total. The van der Waals surface area contributed by atoms with Gasteiger partial charge < -0.3 is 9.38 Å². The molecule has 0 N–H and O–H groups in total. The van der Waals surface area contributed by atoms with Gasteiger partial charge in [-0.25, -0.2) is 0 Å². The van der Waals surface area contributed by atoms with Gasteiger partial charge in [-0.05, 0) is 72.4 Å². The molecule has 4 heteroatoms. The Morgan fingerprint density at radius 2 is 1.32 bits per heavy atom. The van der Waals surface area contributed by atoms with E-state index >= 15 is 0 Å². The maximum atomic E-state index is 4.74. The molecular formula is C43H31IrN3-2. The van der Waals surface area contributed by atoms with Crippen LogP contribution in [0.5, 0.6) is 0 Å². The van der Waals surface area contributed by atoms with E-state index < -0.39 is 0 Å². The molecule has 0 saturated heterocycles. The van der Waals surface area contributed by atoms with Crippen LogP contribution in [0.2, 0.25) is 0 Å².